The van der Waals surface area contributed by atoms with E-state index in [1.807, 2.05) is 34.9 Å². The van der Waals surface area contributed by atoms with Crippen LogP contribution in [0.1, 0.15) is 21.7 Å². The van der Waals surface area contributed by atoms with Crippen LogP contribution >= 0.6 is 22.6 Å². The van der Waals surface area contributed by atoms with Crippen molar-refractivity contribution in [3.05, 3.63) is 44.7 Å². The smallest absolute Gasteiger partial charge is 0.255 e. The monoisotopic (exact) mass is 468 g/mol. The van der Waals surface area contributed by atoms with E-state index in [1.165, 1.54) is 0 Å². The average Bonchev–Trinajstić information content (AvgIpc) is 3.02. The zero-order valence-electron chi connectivity index (χ0n) is 14.8. The minimum absolute atomic E-state index is 0.0558. The second-order valence-corrected chi connectivity index (χ2v) is 7.45. The molecule has 2 heterocycles. The third-order valence-corrected chi connectivity index (χ3v) is 5.78. The first-order valence-corrected chi connectivity index (χ1v) is 9.52. The van der Waals surface area contributed by atoms with Crippen molar-refractivity contribution < 1.29 is 14.1 Å². The van der Waals surface area contributed by atoms with Gasteiger partial charge in [0.25, 0.3) is 5.91 Å². The van der Waals surface area contributed by atoms with E-state index in [1.54, 1.807) is 13.0 Å². The molecule has 26 heavy (non-hydrogen) atoms. The maximum absolute atomic E-state index is 12.7. The standard InChI is InChI=1S/C18H21IN4O3/c1-12-4-3-5-14(17(12)19)18(25)23-8-6-22(7-9-23)11-16(24)20-15-10-13(2)26-21-15/h3-5,10H,6-9,11H2,1-2H3,(H,20,21,24). The van der Waals surface area contributed by atoms with E-state index in [4.69, 9.17) is 4.52 Å². The highest BCUT2D eigenvalue weighted by atomic mass is 127. The van der Waals surface area contributed by atoms with Gasteiger partial charge in [-0.15, -0.1) is 0 Å². The van der Waals surface area contributed by atoms with E-state index in [2.05, 4.69) is 33.1 Å². The minimum atomic E-state index is -0.133. The highest BCUT2D eigenvalue weighted by Crippen LogP contribution is 2.19. The number of aryl methyl sites for hydroxylation is 2. The molecule has 0 saturated carbocycles. The molecule has 2 aromatic rings. The van der Waals surface area contributed by atoms with Gasteiger partial charge in [0.2, 0.25) is 5.91 Å². The van der Waals surface area contributed by atoms with E-state index in [0.717, 1.165) is 14.7 Å². The van der Waals surface area contributed by atoms with Crippen molar-refractivity contribution in [3.63, 3.8) is 0 Å². The highest BCUT2D eigenvalue weighted by Gasteiger charge is 2.24. The van der Waals surface area contributed by atoms with Crippen LogP contribution < -0.4 is 5.32 Å². The minimum Gasteiger partial charge on any atom is -0.360 e. The zero-order valence-corrected chi connectivity index (χ0v) is 16.9. The lowest BCUT2D eigenvalue weighted by Gasteiger charge is -2.34. The summed E-state index contributed by atoms with van der Waals surface area (Å²) in [5, 5.41) is 6.47. The van der Waals surface area contributed by atoms with Gasteiger partial charge in [0.05, 0.1) is 12.1 Å². The second-order valence-electron chi connectivity index (χ2n) is 6.38. The normalized spacial score (nSPS) is 15.1. The Hall–Kier alpha value is -1.94. The van der Waals surface area contributed by atoms with Gasteiger partial charge in [-0.2, -0.15) is 0 Å². The molecular formula is C18H21IN4O3. The van der Waals surface area contributed by atoms with Gasteiger partial charge in [-0.25, -0.2) is 0 Å². The molecule has 138 valence electrons. The van der Waals surface area contributed by atoms with E-state index in [-0.39, 0.29) is 18.4 Å². The van der Waals surface area contributed by atoms with E-state index >= 15 is 0 Å². The van der Waals surface area contributed by atoms with Crippen molar-refractivity contribution in [3.8, 4) is 0 Å². The third kappa shape index (κ3) is 4.42. The maximum Gasteiger partial charge on any atom is 0.255 e. The topological polar surface area (TPSA) is 78.7 Å². The SMILES string of the molecule is Cc1cc(NC(=O)CN2CCN(C(=O)c3cccc(C)c3I)CC2)no1. The van der Waals surface area contributed by atoms with Gasteiger partial charge >= 0.3 is 0 Å². The van der Waals surface area contributed by atoms with Crippen LogP contribution in [0.5, 0.6) is 0 Å². The van der Waals surface area contributed by atoms with Crippen molar-refractivity contribution >= 4 is 40.2 Å². The van der Waals surface area contributed by atoms with Gasteiger partial charge in [0, 0.05) is 35.8 Å². The van der Waals surface area contributed by atoms with Crippen molar-refractivity contribution in [2.75, 3.05) is 38.0 Å². The Morgan fingerprint density at radius 1 is 1.23 bits per heavy atom. The first-order chi connectivity index (χ1) is 12.4. The van der Waals surface area contributed by atoms with Gasteiger partial charge in [0.1, 0.15) is 5.76 Å². The lowest BCUT2D eigenvalue weighted by Crippen LogP contribution is -2.50. The summed E-state index contributed by atoms with van der Waals surface area (Å²) in [6.07, 6.45) is 0. The molecule has 1 aromatic carbocycles. The highest BCUT2D eigenvalue weighted by molar-refractivity contribution is 14.1. The first kappa shape index (κ1) is 18.8. The maximum atomic E-state index is 12.7. The summed E-state index contributed by atoms with van der Waals surface area (Å²) in [6, 6.07) is 7.47. The quantitative estimate of drug-likeness (QED) is 0.697. The van der Waals surface area contributed by atoms with Crippen LogP contribution in [0.2, 0.25) is 0 Å². The van der Waals surface area contributed by atoms with Gasteiger partial charge in [-0.3, -0.25) is 14.5 Å². The van der Waals surface area contributed by atoms with Crippen molar-refractivity contribution in [1.82, 2.24) is 15.0 Å². The Labute approximate surface area is 165 Å². The van der Waals surface area contributed by atoms with Crippen LogP contribution in [0, 0.1) is 17.4 Å². The van der Waals surface area contributed by atoms with Crippen molar-refractivity contribution in [2.45, 2.75) is 13.8 Å². The number of hydrogen-bond acceptors (Lipinski definition) is 5. The van der Waals surface area contributed by atoms with Gasteiger partial charge in [-0.1, -0.05) is 17.3 Å². The molecule has 1 fully saturated rings. The number of carbonyl (C=O) groups excluding carboxylic acids is 2. The number of aromatic nitrogens is 1. The number of piperazine rings is 1. The lowest BCUT2D eigenvalue weighted by molar-refractivity contribution is -0.117. The summed E-state index contributed by atoms with van der Waals surface area (Å²) in [7, 11) is 0. The Balaban J connectivity index is 1.51. The van der Waals surface area contributed by atoms with Gasteiger partial charge in [0.15, 0.2) is 5.82 Å². The summed E-state index contributed by atoms with van der Waals surface area (Å²) in [5.74, 6) is 1.00. The van der Waals surface area contributed by atoms with Gasteiger partial charge in [-0.05, 0) is 48.1 Å². The van der Waals surface area contributed by atoms with Crippen LogP contribution in [-0.2, 0) is 4.79 Å². The summed E-state index contributed by atoms with van der Waals surface area (Å²) < 4.78 is 5.93. The van der Waals surface area contributed by atoms with Crippen LogP contribution in [0.3, 0.4) is 0 Å². The van der Waals surface area contributed by atoms with Crippen LogP contribution in [0.15, 0.2) is 28.8 Å². The summed E-state index contributed by atoms with van der Waals surface area (Å²) in [5.41, 5.74) is 1.85. The first-order valence-electron chi connectivity index (χ1n) is 8.44. The molecule has 0 bridgehead atoms. The molecule has 0 atom stereocenters. The van der Waals surface area contributed by atoms with Crippen molar-refractivity contribution in [1.29, 1.82) is 0 Å². The molecule has 7 nitrogen and oxygen atoms in total. The number of anilines is 1. The summed E-state index contributed by atoms with van der Waals surface area (Å²) in [4.78, 5) is 28.7. The average molecular weight is 468 g/mol. The molecule has 1 saturated heterocycles. The molecule has 3 rings (SSSR count). The van der Waals surface area contributed by atoms with Crippen LogP contribution in [-0.4, -0.2) is 59.5 Å². The fourth-order valence-corrected chi connectivity index (χ4v) is 3.49. The van der Waals surface area contributed by atoms with Crippen LogP contribution in [0.25, 0.3) is 0 Å². The molecule has 0 spiro atoms. The number of nitrogens with one attached hydrogen (secondary N) is 1. The molecule has 0 radical (unpaired) electrons. The number of rotatable bonds is 4. The summed E-state index contributed by atoms with van der Waals surface area (Å²) >= 11 is 2.22. The number of nitrogens with zero attached hydrogens (tertiary/aromatic N) is 3. The number of benzene rings is 1. The molecule has 1 aromatic heterocycles. The molecule has 2 amide bonds. The third-order valence-electron chi connectivity index (χ3n) is 4.34. The Morgan fingerprint density at radius 3 is 2.62 bits per heavy atom. The van der Waals surface area contributed by atoms with Gasteiger partial charge < -0.3 is 14.7 Å². The second kappa shape index (κ2) is 8.17. The number of halogens is 1. The Morgan fingerprint density at radius 2 is 1.96 bits per heavy atom. The van der Waals surface area contributed by atoms with Crippen molar-refractivity contribution in [2.24, 2.45) is 0 Å². The van der Waals surface area contributed by atoms with E-state index in [0.29, 0.717) is 37.8 Å². The molecule has 1 aliphatic rings. The fourth-order valence-electron chi connectivity index (χ4n) is 2.90. The summed E-state index contributed by atoms with van der Waals surface area (Å²) in [6.45, 7) is 6.60. The lowest BCUT2D eigenvalue weighted by atomic mass is 10.1. The molecule has 1 N–H and O–H groups in total. The van der Waals surface area contributed by atoms with Crippen LogP contribution in [0.4, 0.5) is 5.82 Å². The fraction of sp³-hybridized carbons (Fsp3) is 0.389. The molecular weight excluding hydrogens is 447 g/mol. The molecule has 0 unspecified atom stereocenters. The number of amides is 2. The zero-order chi connectivity index (χ0) is 18.7. The number of hydrogen-bond donors (Lipinski definition) is 1. The largest absolute Gasteiger partial charge is 0.360 e. The molecule has 0 aliphatic carbocycles. The Kier molecular flexibility index (Phi) is 5.92. The molecule has 1 aliphatic heterocycles. The predicted molar refractivity (Wildman–Crippen MR) is 106 cm³/mol. The Bertz CT molecular complexity index is 813. The van der Waals surface area contributed by atoms with E-state index < -0.39 is 0 Å². The number of carbonyl (C=O) groups is 2. The molecule has 8 heteroatoms. The predicted octanol–water partition coefficient (Wildman–Crippen LogP) is 2.29. The van der Waals surface area contributed by atoms with E-state index in [9.17, 15) is 9.59 Å².